The summed E-state index contributed by atoms with van der Waals surface area (Å²) in [6.45, 7) is 1.37. The molecule has 1 aliphatic rings. The summed E-state index contributed by atoms with van der Waals surface area (Å²) in [5, 5.41) is 31.0. The minimum absolute atomic E-state index is 0.112. The van der Waals surface area contributed by atoms with Crippen molar-refractivity contribution in [2.45, 2.75) is 69.6 Å². The van der Waals surface area contributed by atoms with Crippen LogP contribution in [-0.2, 0) is 28.8 Å². The van der Waals surface area contributed by atoms with Gasteiger partial charge in [0.25, 0.3) is 0 Å². The molecule has 4 atom stereocenters. The molecule has 0 aliphatic carbocycles. The molecule has 0 aromatic heterocycles. The number of hydrogen-bond acceptors (Lipinski definition) is 8. The van der Waals surface area contributed by atoms with E-state index in [4.69, 9.17) is 22.0 Å². The Bertz CT molecular complexity index is 867. The number of carbonyl (C=O) groups excluding carboxylic acids is 5. The topological polar surface area (TPSA) is 271 Å². The Balaban J connectivity index is 3.20. The van der Waals surface area contributed by atoms with Crippen LogP contribution in [0, 0.1) is 5.41 Å². The average Bonchev–Trinajstić information content (AvgIpc) is 2.82. The Hall–Kier alpha value is -3.95. The fourth-order valence-electron chi connectivity index (χ4n) is 3.43. The van der Waals surface area contributed by atoms with Crippen molar-refractivity contribution in [2.75, 3.05) is 19.6 Å². The number of carbonyl (C=O) groups is 6. The molecule has 0 aromatic carbocycles. The van der Waals surface area contributed by atoms with Crippen LogP contribution in [0.3, 0.4) is 0 Å². The van der Waals surface area contributed by atoms with E-state index >= 15 is 0 Å². The Kier molecular flexibility index (Phi) is 13.4. The molecular weight excluding hydrogens is 490 g/mol. The number of rotatable bonds is 10. The summed E-state index contributed by atoms with van der Waals surface area (Å²) in [7, 11) is 0. The van der Waals surface area contributed by atoms with Gasteiger partial charge in [-0.1, -0.05) is 0 Å². The first-order chi connectivity index (χ1) is 17.4. The number of carboxylic acid groups (broad SMARTS) is 1. The van der Waals surface area contributed by atoms with E-state index in [9.17, 15) is 28.8 Å². The highest BCUT2D eigenvalue weighted by Gasteiger charge is 2.31. The largest absolute Gasteiger partial charge is 0.481 e. The summed E-state index contributed by atoms with van der Waals surface area (Å²) >= 11 is 0. The zero-order valence-electron chi connectivity index (χ0n) is 20.7. The van der Waals surface area contributed by atoms with Gasteiger partial charge in [-0.15, -0.1) is 0 Å². The van der Waals surface area contributed by atoms with E-state index in [0.29, 0.717) is 25.8 Å². The van der Waals surface area contributed by atoms with Crippen molar-refractivity contribution >= 4 is 41.5 Å². The van der Waals surface area contributed by atoms with E-state index < -0.39 is 72.6 Å². The molecule has 0 saturated carbocycles. The van der Waals surface area contributed by atoms with E-state index in [1.165, 1.54) is 6.92 Å². The van der Waals surface area contributed by atoms with Gasteiger partial charge in [-0.2, -0.15) is 0 Å². The van der Waals surface area contributed by atoms with Crippen molar-refractivity contribution < 1.29 is 33.9 Å². The van der Waals surface area contributed by atoms with Gasteiger partial charge in [0.2, 0.25) is 29.5 Å². The summed E-state index contributed by atoms with van der Waals surface area (Å²) < 4.78 is 0. The fourth-order valence-corrected chi connectivity index (χ4v) is 3.43. The van der Waals surface area contributed by atoms with Gasteiger partial charge >= 0.3 is 5.97 Å². The number of aliphatic carboxylic acids is 1. The lowest BCUT2D eigenvalue weighted by atomic mass is 10.1. The Labute approximate surface area is 213 Å². The Morgan fingerprint density at radius 1 is 0.919 bits per heavy atom. The quantitative estimate of drug-likeness (QED) is 0.0745. The average molecular weight is 528 g/mol. The summed E-state index contributed by atoms with van der Waals surface area (Å²) in [6.07, 6.45) is 0.960. The SMILES string of the molecule is C[C@H]1NC(=O)[C@H](CC(=O)O)NC(=O)CNC(=O)[C@H](CCCNC(=N)N)NC(=O)[C@H](CCCCN)NC1=O. The minimum atomic E-state index is -1.50. The first-order valence-electron chi connectivity index (χ1n) is 11.9. The third-order valence-corrected chi connectivity index (χ3v) is 5.40. The molecule has 5 amide bonds. The summed E-state index contributed by atoms with van der Waals surface area (Å²) in [6, 6.07) is -4.82. The first-order valence-corrected chi connectivity index (χ1v) is 11.9. The smallest absolute Gasteiger partial charge is 0.305 e. The van der Waals surface area contributed by atoms with E-state index in [1.54, 1.807) is 0 Å². The minimum Gasteiger partial charge on any atom is -0.481 e. The van der Waals surface area contributed by atoms with Crippen molar-refractivity contribution in [1.82, 2.24) is 31.9 Å². The van der Waals surface area contributed by atoms with E-state index in [0.717, 1.165) is 0 Å². The van der Waals surface area contributed by atoms with Crippen LogP contribution < -0.4 is 43.4 Å². The lowest BCUT2D eigenvalue weighted by Crippen LogP contribution is -2.57. The summed E-state index contributed by atoms with van der Waals surface area (Å²) in [5.74, 6) is -5.46. The second-order valence-electron chi connectivity index (χ2n) is 8.56. The molecule has 0 aromatic rings. The number of nitrogens with one attached hydrogen (secondary N) is 7. The molecule has 37 heavy (non-hydrogen) atoms. The van der Waals surface area contributed by atoms with Gasteiger partial charge in [-0.25, -0.2) is 0 Å². The van der Waals surface area contributed by atoms with Crippen molar-refractivity contribution in [2.24, 2.45) is 11.5 Å². The molecule has 1 rings (SSSR count). The van der Waals surface area contributed by atoms with Gasteiger partial charge < -0.3 is 48.5 Å². The van der Waals surface area contributed by atoms with Gasteiger partial charge in [-0.3, -0.25) is 34.2 Å². The monoisotopic (exact) mass is 527 g/mol. The Morgan fingerprint density at radius 3 is 2.14 bits per heavy atom. The van der Waals surface area contributed by atoms with Crippen molar-refractivity contribution in [3.8, 4) is 0 Å². The maximum Gasteiger partial charge on any atom is 0.305 e. The predicted octanol–water partition coefficient (Wildman–Crippen LogP) is -4.06. The Morgan fingerprint density at radius 2 is 1.51 bits per heavy atom. The fraction of sp³-hybridized carbons (Fsp3) is 0.667. The molecule has 208 valence electrons. The standard InChI is InChI=1S/C21H37N9O7/c1-11-17(34)29-13(5-2-3-7-22)19(36)30-12(6-4-8-25-21(23)24)18(35)26-10-15(31)28-14(9-16(32)33)20(37)27-11/h11-14H,2-10,22H2,1H3,(H,26,35)(H,27,37)(H,28,31)(H,29,34)(H,30,36)(H,32,33)(H4,23,24,25)/t11-,12+,13+,14+/m1/s1. The van der Waals surface area contributed by atoms with Gasteiger partial charge in [0.15, 0.2) is 5.96 Å². The van der Waals surface area contributed by atoms with Crippen molar-refractivity contribution in [3.63, 3.8) is 0 Å². The van der Waals surface area contributed by atoms with Crippen LogP contribution in [0.5, 0.6) is 0 Å². The zero-order valence-corrected chi connectivity index (χ0v) is 20.7. The highest BCUT2D eigenvalue weighted by atomic mass is 16.4. The third-order valence-electron chi connectivity index (χ3n) is 5.40. The molecule has 0 radical (unpaired) electrons. The maximum atomic E-state index is 13.1. The van der Waals surface area contributed by atoms with Crippen LogP contribution in [0.1, 0.15) is 45.4 Å². The number of amides is 5. The van der Waals surface area contributed by atoms with Gasteiger partial charge in [0, 0.05) is 6.54 Å². The molecule has 0 bridgehead atoms. The molecule has 1 aliphatic heterocycles. The number of guanidine groups is 1. The van der Waals surface area contributed by atoms with E-state index in [-0.39, 0.29) is 25.3 Å². The molecule has 0 spiro atoms. The van der Waals surface area contributed by atoms with Crippen molar-refractivity contribution in [1.29, 1.82) is 5.41 Å². The third kappa shape index (κ3) is 12.0. The van der Waals surface area contributed by atoms with Crippen molar-refractivity contribution in [3.05, 3.63) is 0 Å². The van der Waals surface area contributed by atoms with Gasteiger partial charge in [-0.05, 0) is 45.6 Å². The maximum absolute atomic E-state index is 13.1. The lowest BCUT2D eigenvalue weighted by molar-refractivity contribution is -0.141. The van der Waals surface area contributed by atoms with E-state index in [1.807, 2.05) is 0 Å². The zero-order chi connectivity index (χ0) is 28.0. The van der Waals surface area contributed by atoms with Crippen LogP contribution in [0.4, 0.5) is 0 Å². The first kappa shape index (κ1) is 31.1. The lowest BCUT2D eigenvalue weighted by Gasteiger charge is -2.24. The van der Waals surface area contributed by atoms with Crippen LogP contribution in [0.25, 0.3) is 0 Å². The van der Waals surface area contributed by atoms with Crippen LogP contribution in [0.15, 0.2) is 0 Å². The predicted molar refractivity (Wildman–Crippen MR) is 131 cm³/mol. The molecule has 0 unspecified atom stereocenters. The second kappa shape index (κ2) is 15.9. The second-order valence-corrected chi connectivity index (χ2v) is 8.56. The summed E-state index contributed by atoms with van der Waals surface area (Å²) in [5.41, 5.74) is 10.8. The normalized spacial score (nSPS) is 23.8. The number of unbranched alkanes of at least 4 members (excludes halogenated alkanes) is 1. The molecule has 16 nitrogen and oxygen atoms in total. The molecule has 12 N–H and O–H groups in total. The van der Waals surface area contributed by atoms with Gasteiger partial charge in [0.05, 0.1) is 13.0 Å². The van der Waals surface area contributed by atoms with Crippen LogP contribution >= 0.6 is 0 Å². The molecular formula is C21H37N9O7. The van der Waals surface area contributed by atoms with E-state index in [2.05, 4.69) is 31.9 Å². The molecule has 1 saturated heterocycles. The number of carboxylic acids is 1. The number of hydrogen-bond donors (Lipinski definition) is 10. The molecule has 16 heteroatoms. The molecule has 1 heterocycles. The summed E-state index contributed by atoms with van der Waals surface area (Å²) in [4.78, 5) is 74.7. The number of nitrogens with two attached hydrogens (primary N) is 2. The highest BCUT2D eigenvalue weighted by Crippen LogP contribution is 2.05. The van der Waals surface area contributed by atoms with Crippen LogP contribution in [-0.4, -0.2) is 90.4 Å². The highest BCUT2D eigenvalue weighted by molar-refractivity contribution is 5.97. The van der Waals surface area contributed by atoms with Crippen LogP contribution in [0.2, 0.25) is 0 Å². The molecule has 1 fully saturated rings. The van der Waals surface area contributed by atoms with Gasteiger partial charge in [0.1, 0.15) is 24.2 Å².